The van der Waals surface area contributed by atoms with Gasteiger partial charge in [0.15, 0.2) is 0 Å². The minimum atomic E-state index is 0.148. The van der Waals surface area contributed by atoms with E-state index in [4.69, 9.17) is 15.2 Å². The largest absolute Gasteiger partial charge is 0.382 e. The molecule has 4 heteroatoms. The first-order chi connectivity index (χ1) is 8.26. The smallest absolute Gasteiger partial charge is 0.0928 e. The van der Waals surface area contributed by atoms with Gasteiger partial charge in [-0.25, -0.2) is 0 Å². The molecule has 5 atom stereocenters. The average Bonchev–Trinajstić information content (AvgIpc) is 2.91. The van der Waals surface area contributed by atoms with Gasteiger partial charge in [0, 0.05) is 26.8 Å². The molecule has 0 radical (unpaired) electrons. The third-order valence-electron chi connectivity index (χ3n) is 4.60. The molecule has 0 aromatic heterocycles. The summed E-state index contributed by atoms with van der Waals surface area (Å²) in [7, 11) is 3.44. The zero-order valence-electron chi connectivity index (χ0n) is 11.0. The molecule has 2 bridgehead atoms. The van der Waals surface area contributed by atoms with Crippen LogP contribution in [0.5, 0.6) is 0 Å². The van der Waals surface area contributed by atoms with Crippen molar-refractivity contribution in [1.82, 2.24) is 5.32 Å². The standard InChI is InChI=1S/C13H26N2O2/c1-16-8-11(17-2)6-15-7-12-9-3-4-10(5-9)13(12)14/h9-13,15H,3-8,14H2,1-2H3. The van der Waals surface area contributed by atoms with Crippen molar-refractivity contribution in [3.8, 4) is 0 Å². The number of ether oxygens (including phenoxy) is 2. The molecule has 0 aromatic carbocycles. The topological polar surface area (TPSA) is 56.5 Å². The Balaban J connectivity index is 1.68. The summed E-state index contributed by atoms with van der Waals surface area (Å²) < 4.78 is 10.4. The number of nitrogens with one attached hydrogen (secondary N) is 1. The van der Waals surface area contributed by atoms with Crippen molar-refractivity contribution >= 4 is 0 Å². The molecule has 5 unspecified atom stereocenters. The summed E-state index contributed by atoms with van der Waals surface area (Å²) in [6, 6.07) is 0.421. The van der Waals surface area contributed by atoms with Gasteiger partial charge in [-0.2, -0.15) is 0 Å². The zero-order chi connectivity index (χ0) is 12.3. The van der Waals surface area contributed by atoms with Gasteiger partial charge < -0.3 is 20.5 Å². The second-order valence-electron chi connectivity index (χ2n) is 5.55. The van der Waals surface area contributed by atoms with E-state index in [0.29, 0.717) is 18.6 Å². The Morgan fingerprint density at radius 3 is 2.65 bits per heavy atom. The van der Waals surface area contributed by atoms with Crippen LogP contribution in [0.25, 0.3) is 0 Å². The van der Waals surface area contributed by atoms with Crippen LogP contribution in [0.15, 0.2) is 0 Å². The van der Waals surface area contributed by atoms with Gasteiger partial charge in [-0.15, -0.1) is 0 Å². The molecular formula is C13H26N2O2. The van der Waals surface area contributed by atoms with Crippen molar-refractivity contribution < 1.29 is 9.47 Å². The normalized spacial score (nSPS) is 37.6. The van der Waals surface area contributed by atoms with E-state index in [1.165, 1.54) is 19.3 Å². The van der Waals surface area contributed by atoms with Crippen molar-refractivity contribution in [3.05, 3.63) is 0 Å². The van der Waals surface area contributed by atoms with Gasteiger partial charge in [-0.3, -0.25) is 0 Å². The maximum absolute atomic E-state index is 6.28. The number of methoxy groups -OCH3 is 2. The van der Waals surface area contributed by atoms with Gasteiger partial charge in [0.25, 0.3) is 0 Å². The molecule has 2 rings (SSSR count). The molecular weight excluding hydrogens is 216 g/mol. The van der Waals surface area contributed by atoms with Gasteiger partial charge in [0.1, 0.15) is 0 Å². The summed E-state index contributed by atoms with van der Waals surface area (Å²) in [5.41, 5.74) is 6.28. The molecule has 100 valence electrons. The average molecular weight is 242 g/mol. The highest BCUT2D eigenvalue weighted by atomic mass is 16.5. The molecule has 17 heavy (non-hydrogen) atoms. The summed E-state index contributed by atoms with van der Waals surface area (Å²) in [5.74, 6) is 2.34. The van der Waals surface area contributed by atoms with Crippen LogP contribution in [-0.2, 0) is 9.47 Å². The van der Waals surface area contributed by atoms with Gasteiger partial charge in [-0.05, 0) is 43.6 Å². The van der Waals surface area contributed by atoms with Crippen molar-refractivity contribution in [2.75, 3.05) is 33.9 Å². The Morgan fingerprint density at radius 2 is 2.06 bits per heavy atom. The molecule has 0 aliphatic heterocycles. The quantitative estimate of drug-likeness (QED) is 0.687. The maximum Gasteiger partial charge on any atom is 0.0928 e. The van der Waals surface area contributed by atoms with Crippen LogP contribution in [-0.4, -0.2) is 46.1 Å². The van der Waals surface area contributed by atoms with Crippen molar-refractivity contribution in [2.45, 2.75) is 31.4 Å². The fraction of sp³-hybridized carbons (Fsp3) is 1.00. The number of rotatable bonds is 7. The molecule has 0 saturated heterocycles. The lowest BCUT2D eigenvalue weighted by Crippen LogP contribution is -2.43. The number of nitrogens with two attached hydrogens (primary N) is 1. The predicted octanol–water partition coefficient (Wildman–Crippen LogP) is 0.611. The van der Waals surface area contributed by atoms with Gasteiger partial charge >= 0.3 is 0 Å². The van der Waals surface area contributed by atoms with E-state index in [-0.39, 0.29) is 6.10 Å². The molecule has 2 aliphatic rings. The molecule has 0 spiro atoms. The van der Waals surface area contributed by atoms with E-state index >= 15 is 0 Å². The minimum absolute atomic E-state index is 0.148. The molecule has 2 fully saturated rings. The molecule has 0 aromatic rings. The van der Waals surface area contributed by atoms with E-state index in [2.05, 4.69) is 5.32 Å². The summed E-state index contributed by atoms with van der Waals surface area (Å²) in [5, 5.41) is 3.49. The van der Waals surface area contributed by atoms with E-state index in [1.54, 1.807) is 14.2 Å². The summed E-state index contributed by atoms with van der Waals surface area (Å²) in [4.78, 5) is 0. The summed E-state index contributed by atoms with van der Waals surface area (Å²) in [6.07, 6.45) is 4.25. The second kappa shape index (κ2) is 6.14. The van der Waals surface area contributed by atoms with Crippen LogP contribution in [0.1, 0.15) is 19.3 Å². The summed E-state index contributed by atoms with van der Waals surface area (Å²) in [6.45, 7) is 2.53. The first-order valence-corrected chi connectivity index (χ1v) is 6.74. The summed E-state index contributed by atoms with van der Waals surface area (Å²) >= 11 is 0. The number of fused-ring (bicyclic) bond motifs is 2. The number of hydrogen-bond acceptors (Lipinski definition) is 4. The zero-order valence-corrected chi connectivity index (χ0v) is 11.0. The molecule has 4 nitrogen and oxygen atoms in total. The fourth-order valence-corrected chi connectivity index (χ4v) is 3.56. The van der Waals surface area contributed by atoms with Crippen LogP contribution in [0.4, 0.5) is 0 Å². The van der Waals surface area contributed by atoms with E-state index in [1.807, 2.05) is 0 Å². The van der Waals surface area contributed by atoms with Crippen molar-refractivity contribution in [3.63, 3.8) is 0 Å². The molecule has 3 N–H and O–H groups in total. The molecule has 0 amide bonds. The highest BCUT2D eigenvalue weighted by Crippen LogP contribution is 2.47. The van der Waals surface area contributed by atoms with Crippen molar-refractivity contribution in [1.29, 1.82) is 0 Å². The van der Waals surface area contributed by atoms with Crippen LogP contribution >= 0.6 is 0 Å². The van der Waals surface area contributed by atoms with E-state index < -0.39 is 0 Å². The Labute approximate surface area is 104 Å². The Hall–Kier alpha value is -0.160. The lowest BCUT2D eigenvalue weighted by Gasteiger charge is -2.28. The highest BCUT2D eigenvalue weighted by Gasteiger charge is 2.45. The highest BCUT2D eigenvalue weighted by molar-refractivity contribution is 4.99. The van der Waals surface area contributed by atoms with Gasteiger partial charge in [-0.1, -0.05) is 0 Å². The third-order valence-corrected chi connectivity index (χ3v) is 4.60. The lowest BCUT2D eigenvalue weighted by atomic mass is 9.85. The van der Waals surface area contributed by atoms with E-state index in [9.17, 15) is 0 Å². The maximum atomic E-state index is 6.28. The molecule has 2 saturated carbocycles. The van der Waals surface area contributed by atoms with E-state index in [0.717, 1.165) is 24.9 Å². The Kier molecular flexibility index (Phi) is 4.79. The van der Waals surface area contributed by atoms with Crippen molar-refractivity contribution in [2.24, 2.45) is 23.5 Å². The van der Waals surface area contributed by atoms with Crippen LogP contribution < -0.4 is 11.1 Å². The first kappa shape index (κ1) is 13.3. The Bertz CT molecular complexity index is 235. The van der Waals surface area contributed by atoms with Crippen LogP contribution in [0.3, 0.4) is 0 Å². The second-order valence-corrected chi connectivity index (χ2v) is 5.55. The predicted molar refractivity (Wildman–Crippen MR) is 67.8 cm³/mol. The van der Waals surface area contributed by atoms with Gasteiger partial charge in [0.05, 0.1) is 12.7 Å². The fourth-order valence-electron chi connectivity index (χ4n) is 3.56. The molecule has 2 aliphatic carbocycles. The number of hydrogen-bond donors (Lipinski definition) is 2. The minimum Gasteiger partial charge on any atom is -0.382 e. The Morgan fingerprint density at radius 1 is 1.29 bits per heavy atom. The molecule has 0 heterocycles. The van der Waals surface area contributed by atoms with Gasteiger partial charge in [0.2, 0.25) is 0 Å². The van der Waals surface area contributed by atoms with Crippen LogP contribution in [0.2, 0.25) is 0 Å². The van der Waals surface area contributed by atoms with Crippen LogP contribution in [0, 0.1) is 17.8 Å². The SMILES string of the molecule is COCC(CNCC1C2CCC(C2)C1N)OC. The first-order valence-electron chi connectivity index (χ1n) is 6.74. The lowest BCUT2D eigenvalue weighted by molar-refractivity contribution is 0.0280. The monoisotopic (exact) mass is 242 g/mol. The third kappa shape index (κ3) is 2.99.